The molecule has 25 heavy (non-hydrogen) atoms. The quantitative estimate of drug-likeness (QED) is 0.463. The summed E-state index contributed by atoms with van der Waals surface area (Å²) in [4.78, 5) is 25.6. The van der Waals surface area contributed by atoms with E-state index in [1.165, 1.54) is 25.3 Å². The van der Waals surface area contributed by atoms with Crippen molar-refractivity contribution in [2.24, 2.45) is 0 Å². The molecule has 2 atom stereocenters. The van der Waals surface area contributed by atoms with Crippen LogP contribution in [0.1, 0.15) is 37.3 Å². The third-order valence-electron chi connectivity index (χ3n) is 4.26. The zero-order chi connectivity index (χ0) is 18.4. The molecule has 0 aliphatic carbocycles. The summed E-state index contributed by atoms with van der Waals surface area (Å²) in [6.45, 7) is 3.58. The lowest BCUT2D eigenvalue weighted by atomic mass is 9.90. The van der Waals surface area contributed by atoms with Gasteiger partial charge in [-0.15, -0.1) is 6.58 Å². The Bertz CT molecular complexity index is 687. The fourth-order valence-electron chi connectivity index (χ4n) is 3.11. The normalized spacial score (nSPS) is 20.5. The second-order valence-electron chi connectivity index (χ2n) is 5.86. The van der Waals surface area contributed by atoms with E-state index in [0.29, 0.717) is 18.4 Å². The van der Waals surface area contributed by atoms with Crippen LogP contribution < -0.4 is 0 Å². The maximum Gasteiger partial charge on any atom is 0.330 e. The zero-order valence-corrected chi connectivity index (χ0v) is 14.1. The van der Waals surface area contributed by atoms with Gasteiger partial charge in [0.25, 0.3) is 0 Å². The highest BCUT2D eigenvalue weighted by molar-refractivity contribution is 5.82. The summed E-state index contributed by atoms with van der Waals surface area (Å²) < 4.78 is 31.5. The molecule has 6 heteroatoms. The SMILES string of the molecule is C=CCC(=O)N1[C@@H](C=CC(=O)OC)CCC[C@H]1c1ccc(F)c(F)c1. The van der Waals surface area contributed by atoms with E-state index in [9.17, 15) is 18.4 Å². The third-order valence-corrected chi connectivity index (χ3v) is 4.26. The van der Waals surface area contributed by atoms with E-state index < -0.39 is 17.6 Å². The fourth-order valence-corrected chi connectivity index (χ4v) is 3.11. The van der Waals surface area contributed by atoms with Gasteiger partial charge in [0.05, 0.1) is 19.2 Å². The van der Waals surface area contributed by atoms with Crippen LogP contribution in [0.15, 0.2) is 43.0 Å². The van der Waals surface area contributed by atoms with Gasteiger partial charge in [-0.2, -0.15) is 0 Å². The monoisotopic (exact) mass is 349 g/mol. The average Bonchev–Trinajstić information content (AvgIpc) is 2.61. The first-order valence-corrected chi connectivity index (χ1v) is 8.11. The van der Waals surface area contributed by atoms with Crippen molar-refractivity contribution in [1.29, 1.82) is 0 Å². The Kier molecular flexibility index (Phi) is 6.44. The van der Waals surface area contributed by atoms with Crippen molar-refractivity contribution in [3.05, 3.63) is 60.2 Å². The molecule has 1 aliphatic heterocycles. The number of benzene rings is 1. The Morgan fingerprint density at radius 2 is 2.08 bits per heavy atom. The fraction of sp³-hybridized carbons (Fsp3) is 0.368. The van der Waals surface area contributed by atoms with E-state index in [-0.39, 0.29) is 24.4 Å². The first-order chi connectivity index (χ1) is 12.0. The van der Waals surface area contributed by atoms with E-state index in [4.69, 9.17) is 0 Å². The minimum atomic E-state index is -0.944. The molecular formula is C19H21F2NO3. The van der Waals surface area contributed by atoms with Crippen molar-refractivity contribution in [1.82, 2.24) is 4.90 Å². The highest BCUT2D eigenvalue weighted by atomic mass is 19.2. The van der Waals surface area contributed by atoms with Crippen molar-refractivity contribution in [2.75, 3.05) is 7.11 Å². The topological polar surface area (TPSA) is 46.6 Å². The van der Waals surface area contributed by atoms with Gasteiger partial charge in [0.2, 0.25) is 5.91 Å². The largest absolute Gasteiger partial charge is 0.466 e. The van der Waals surface area contributed by atoms with Gasteiger partial charge in [0.15, 0.2) is 11.6 Å². The molecular weight excluding hydrogens is 328 g/mol. The summed E-state index contributed by atoms with van der Waals surface area (Å²) in [6, 6.07) is 2.97. The maximum atomic E-state index is 13.6. The van der Waals surface area contributed by atoms with Crippen LogP contribution >= 0.6 is 0 Å². The molecule has 0 aromatic heterocycles. The molecule has 1 saturated heterocycles. The average molecular weight is 349 g/mol. The number of methoxy groups -OCH3 is 1. The number of hydrogen-bond donors (Lipinski definition) is 0. The lowest BCUT2D eigenvalue weighted by Gasteiger charge is -2.41. The van der Waals surface area contributed by atoms with Gasteiger partial charge in [-0.3, -0.25) is 4.79 Å². The van der Waals surface area contributed by atoms with Crippen LogP contribution in [-0.4, -0.2) is 29.9 Å². The highest BCUT2D eigenvalue weighted by Crippen LogP contribution is 2.36. The van der Waals surface area contributed by atoms with E-state index in [0.717, 1.165) is 18.6 Å². The predicted molar refractivity (Wildman–Crippen MR) is 89.6 cm³/mol. The predicted octanol–water partition coefficient (Wildman–Crippen LogP) is 3.69. The molecule has 0 N–H and O–H groups in total. The molecule has 1 aromatic rings. The summed E-state index contributed by atoms with van der Waals surface area (Å²) in [6.07, 6.45) is 6.64. The molecule has 2 rings (SSSR count). The standard InChI is InChI=1S/C19H21F2NO3/c1-3-5-18(23)22-14(9-11-19(24)25-2)6-4-7-17(22)13-8-10-15(20)16(21)12-13/h3,8-12,14,17H,1,4-7H2,2H3/t14-,17+/m1/s1. The van der Waals surface area contributed by atoms with Crippen molar-refractivity contribution in [3.8, 4) is 0 Å². The zero-order valence-electron chi connectivity index (χ0n) is 14.1. The van der Waals surface area contributed by atoms with Gasteiger partial charge in [0, 0.05) is 12.5 Å². The number of halogens is 2. The number of esters is 1. The Balaban J connectivity index is 2.36. The molecule has 1 aliphatic rings. The van der Waals surface area contributed by atoms with Crippen LogP contribution in [0.4, 0.5) is 8.78 Å². The molecule has 0 unspecified atom stereocenters. The van der Waals surface area contributed by atoms with Crippen LogP contribution in [0.25, 0.3) is 0 Å². The summed E-state index contributed by atoms with van der Waals surface area (Å²) in [5.74, 6) is -2.55. The number of carbonyl (C=O) groups excluding carboxylic acids is 2. The van der Waals surface area contributed by atoms with Gasteiger partial charge in [0.1, 0.15) is 0 Å². The van der Waals surface area contributed by atoms with Crippen molar-refractivity contribution >= 4 is 11.9 Å². The van der Waals surface area contributed by atoms with Gasteiger partial charge in [-0.05, 0) is 37.0 Å². The number of likely N-dealkylation sites (tertiary alicyclic amines) is 1. The van der Waals surface area contributed by atoms with E-state index in [2.05, 4.69) is 11.3 Å². The van der Waals surface area contributed by atoms with Crippen molar-refractivity contribution in [3.63, 3.8) is 0 Å². The molecule has 1 heterocycles. The number of carbonyl (C=O) groups is 2. The maximum absolute atomic E-state index is 13.6. The van der Waals surface area contributed by atoms with Crippen LogP contribution in [0.5, 0.6) is 0 Å². The summed E-state index contributed by atoms with van der Waals surface area (Å²) in [5.41, 5.74) is 0.535. The molecule has 0 saturated carbocycles. The number of hydrogen-bond acceptors (Lipinski definition) is 3. The van der Waals surface area contributed by atoms with Gasteiger partial charge in [-0.25, -0.2) is 13.6 Å². The molecule has 4 nitrogen and oxygen atoms in total. The third kappa shape index (κ3) is 4.53. The minimum Gasteiger partial charge on any atom is -0.466 e. The molecule has 1 fully saturated rings. The number of rotatable bonds is 5. The number of nitrogens with zero attached hydrogens (tertiary/aromatic N) is 1. The van der Waals surface area contributed by atoms with E-state index in [1.54, 1.807) is 11.0 Å². The summed E-state index contributed by atoms with van der Waals surface area (Å²) in [7, 11) is 1.28. The molecule has 1 amide bonds. The number of amides is 1. The second kappa shape index (κ2) is 8.55. The first kappa shape index (κ1) is 18.8. The molecule has 0 radical (unpaired) electrons. The highest BCUT2D eigenvalue weighted by Gasteiger charge is 2.33. The van der Waals surface area contributed by atoms with E-state index in [1.807, 2.05) is 0 Å². The lowest BCUT2D eigenvalue weighted by molar-refractivity contribution is -0.137. The van der Waals surface area contributed by atoms with Gasteiger partial charge < -0.3 is 9.64 Å². The van der Waals surface area contributed by atoms with E-state index >= 15 is 0 Å². The van der Waals surface area contributed by atoms with Crippen molar-refractivity contribution in [2.45, 2.75) is 37.8 Å². The smallest absolute Gasteiger partial charge is 0.330 e. The Morgan fingerprint density at radius 3 is 2.72 bits per heavy atom. The summed E-state index contributed by atoms with van der Waals surface area (Å²) in [5, 5.41) is 0. The number of piperidine rings is 1. The lowest BCUT2D eigenvalue weighted by Crippen LogP contribution is -2.44. The molecule has 0 bridgehead atoms. The second-order valence-corrected chi connectivity index (χ2v) is 5.86. The van der Waals surface area contributed by atoms with Gasteiger partial charge >= 0.3 is 5.97 Å². The molecule has 0 spiro atoms. The van der Waals surface area contributed by atoms with Crippen LogP contribution in [0, 0.1) is 11.6 Å². The first-order valence-electron chi connectivity index (χ1n) is 8.11. The minimum absolute atomic E-state index is 0.128. The molecule has 134 valence electrons. The van der Waals surface area contributed by atoms with Crippen LogP contribution in [0.2, 0.25) is 0 Å². The Hall–Kier alpha value is -2.50. The summed E-state index contributed by atoms with van der Waals surface area (Å²) >= 11 is 0. The Morgan fingerprint density at radius 1 is 1.32 bits per heavy atom. The van der Waals surface area contributed by atoms with Crippen LogP contribution in [0.3, 0.4) is 0 Å². The van der Waals surface area contributed by atoms with Crippen LogP contribution in [-0.2, 0) is 14.3 Å². The Labute approximate surface area is 145 Å². The molecule has 1 aromatic carbocycles. The van der Waals surface area contributed by atoms with Gasteiger partial charge in [-0.1, -0.05) is 18.2 Å². The number of ether oxygens (including phenoxy) is 1. The van der Waals surface area contributed by atoms with Crippen molar-refractivity contribution < 1.29 is 23.1 Å².